The van der Waals surface area contributed by atoms with Crippen molar-refractivity contribution in [1.29, 1.82) is 0 Å². The minimum absolute atomic E-state index is 0.0474. The second-order valence-electron chi connectivity index (χ2n) is 7.34. The van der Waals surface area contributed by atoms with Gasteiger partial charge < -0.3 is 19.9 Å². The molecule has 2 atom stereocenters. The molecular formula is C18H32N6OS. The van der Waals surface area contributed by atoms with Crippen molar-refractivity contribution in [2.45, 2.75) is 25.0 Å². The van der Waals surface area contributed by atoms with Crippen LogP contribution in [0.1, 0.15) is 25.0 Å². The molecular weight excluding hydrogens is 348 g/mol. The van der Waals surface area contributed by atoms with Gasteiger partial charge in [0.25, 0.3) is 0 Å². The van der Waals surface area contributed by atoms with Crippen molar-refractivity contribution in [1.82, 2.24) is 24.9 Å². The van der Waals surface area contributed by atoms with Gasteiger partial charge in [0.05, 0.1) is 25.9 Å². The second-order valence-corrected chi connectivity index (χ2v) is 8.45. The Morgan fingerprint density at radius 3 is 3.00 bits per heavy atom. The molecule has 26 heavy (non-hydrogen) atoms. The molecule has 2 saturated heterocycles. The van der Waals surface area contributed by atoms with Gasteiger partial charge in [-0.2, -0.15) is 16.9 Å². The predicted molar refractivity (Wildman–Crippen MR) is 108 cm³/mol. The van der Waals surface area contributed by atoms with E-state index in [1.54, 1.807) is 0 Å². The SMILES string of the molecule is CCNC(=NCC1(N(C)C)CCSC1)N1CCOC(c2cnn(C)c2)C1. The molecule has 0 aromatic carbocycles. The van der Waals surface area contributed by atoms with Gasteiger partial charge in [0.2, 0.25) is 0 Å². The summed E-state index contributed by atoms with van der Waals surface area (Å²) in [6, 6.07) is 0. The summed E-state index contributed by atoms with van der Waals surface area (Å²) in [4.78, 5) is 9.73. The van der Waals surface area contributed by atoms with Crippen molar-refractivity contribution in [3.05, 3.63) is 18.0 Å². The number of hydrogen-bond donors (Lipinski definition) is 1. The lowest BCUT2D eigenvalue weighted by molar-refractivity contribution is -0.00812. The maximum Gasteiger partial charge on any atom is 0.194 e. The number of likely N-dealkylation sites (N-methyl/N-ethyl adjacent to an activating group) is 1. The number of morpholine rings is 1. The molecule has 0 amide bonds. The standard InChI is InChI=1S/C18H32N6OS/c1-5-19-17(20-13-18(22(2)3)6-9-26-14-18)24-7-8-25-16(12-24)15-10-21-23(4)11-15/h10-11,16H,5-9,12-14H2,1-4H3,(H,19,20). The van der Waals surface area contributed by atoms with E-state index in [9.17, 15) is 0 Å². The fraction of sp³-hybridized carbons (Fsp3) is 0.778. The second kappa shape index (κ2) is 8.63. The Kier molecular flexibility index (Phi) is 6.47. The van der Waals surface area contributed by atoms with Crippen molar-refractivity contribution >= 4 is 17.7 Å². The van der Waals surface area contributed by atoms with Gasteiger partial charge in [-0.05, 0) is 33.2 Å². The van der Waals surface area contributed by atoms with Crippen LogP contribution in [0.15, 0.2) is 17.4 Å². The van der Waals surface area contributed by atoms with Crippen molar-refractivity contribution in [3.63, 3.8) is 0 Å². The lowest BCUT2D eigenvalue weighted by Gasteiger charge is -2.37. The molecule has 2 aliphatic rings. The Bertz CT molecular complexity index is 611. The van der Waals surface area contributed by atoms with Crippen LogP contribution in [0.25, 0.3) is 0 Å². The van der Waals surface area contributed by atoms with Crippen LogP contribution in [0.4, 0.5) is 0 Å². The highest BCUT2D eigenvalue weighted by atomic mass is 32.2. The summed E-state index contributed by atoms with van der Waals surface area (Å²) in [5.41, 5.74) is 1.31. The summed E-state index contributed by atoms with van der Waals surface area (Å²) >= 11 is 2.04. The van der Waals surface area contributed by atoms with Crippen LogP contribution >= 0.6 is 11.8 Å². The molecule has 1 aromatic heterocycles. The Labute approximate surface area is 161 Å². The van der Waals surface area contributed by atoms with Crippen LogP contribution in [0, 0.1) is 0 Å². The molecule has 3 heterocycles. The van der Waals surface area contributed by atoms with E-state index in [4.69, 9.17) is 9.73 Å². The van der Waals surface area contributed by atoms with Crippen LogP contribution in [-0.4, -0.2) is 89.5 Å². The zero-order valence-electron chi connectivity index (χ0n) is 16.4. The van der Waals surface area contributed by atoms with E-state index in [1.165, 1.54) is 12.2 Å². The smallest absolute Gasteiger partial charge is 0.194 e. The maximum absolute atomic E-state index is 5.98. The maximum atomic E-state index is 5.98. The molecule has 0 radical (unpaired) electrons. The van der Waals surface area contributed by atoms with Gasteiger partial charge in [0.1, 0.15) is 6.10 Å². The number of aryl methyl sites for hydroxylation is 1. The molecule has 2 fully saturated rings. The Balaban J connectivity index is 1.72. The van der Waals surface area contributed by atoms with Crippen molar-refractivity contribution in [2.75, 3.05) is 58.4 Å². The van der Waals surface area contributed by atoms with E-state index in [0.717, 1.165) is 43.5 Å². The topological polar surface area (TPSA) is 57.9 Å². The first kappa shape index (κ1) is 19.5. The van der Waals surface area contributed by atoms with Gasteiger partial charge in [0, 0.05) is 43.2 Å². The van der Waals surface area contributed by atoms with E-state index < -0.39 is 0 Å². The quantitative estimate of drug-likeness (QED) is 0.612. The Hall–Kier alpha value is -1.25. The van der Waals surface area contributed by atoms with E-state index >= 15 is 0 Å². The Morgan fingerprint density at radius 1 is 1.54 bits per heavy atom. The normalized spacial score (nSPS) is 27.3. The number of hydrogen-bond acceptors (Lipinski definition) is 5. The summed E-state index contributed by atoms with van der Waals surface area (Å²) in [7, 11) is 6.30. The number of rotatable bonds is 5. The highest BCUT2D eigenvalue weighted by molar-refractivity contribution is 7.99. The molecule has 0 bridgehead atoms. The minimum Gasteiger partial charge on any atom is -0.370 e. The average molecular weight is 381 g/mol. The fourth-order valence-corrected chi connectivity index (χ4v) is 5.06. The molecule has 2 unspecified atom stereocenters. The predicted octanol–water partition coefficient (Wildman–Crippen LogP) is 1.20. The zero-order chi connectivity index (χ0) is 18.6. The molecule has 146 valence electrons. The third-order valence-corrected chi connectivity index (χ3v) is 6.59. The highest BCUT2D eigenvalue weighted by Crippen LogP contribution is 2.32. The lowest BCUT2D eigenvalue weighted by atomic mass is 9.98. The van der Waals surface area contributed by atoms with Crippen molar-refractivity contribution < 1.29 is 4.74 Å². The van der Waals surface area contributed by atoms with Gasteiger partial charge >= 0.3 is 0 Å². The molecule has 1 aromatic rings. The lowest BCUT2D eigenvalue weighted by Crippen LogP contribution is -2.51. The first-order valence-electron chi connectivity index (χ1n) is 9.42. The van der Waals surface area contributed by atoms with Crippen molar-refractivity contribution in [2.24, 2.45) is 12.0 Å². The van der Waals surface area contributed by atoms with E-state index in [2.05, 4.69) is 41.2 Å². The molecule has 1 N–H and O–H groups in total. The van der Waals surface area contributed by atoms with E-state index in [0.29, 0.717) is 6.61 Å². The molecule has 2 aliphatic heterocycles. The third-order valence-electron chi connectivity index (χ3n) is 5.35. The fourth-order valence-electron chi connectivity index (χ4n) is 3.51. The minimum atomic E-state index is 0.0474. The molecule has 7 nitrogen and oxygen atoms in total. The van der Waals surface area contributed by atoms with E-state index in [-0.39, 0.29) is 11.6 Å². The third kappa shape index (κ3) is 4.35. The van der Waals surface area contributed by atoms with Crippen molar-refractivity contribution in [3.8, 4) is 0 Å². The number of nitrogens with one attached hydrogen (secondary N) is 1. The molecule has 0 aliphatic carbocycles. The summed E-state index contributed by atoms with van der Waals surface area (Å²) < 4.78 is 7.81. The molecule has 0 saturated carbocycles. The highest BCUT2D eigenvalue weighted by Gasteiger charge is 2.37. The van der Waals surface area contributed by atoms with Crippen LogP contribution in [-0.2, 0) is 11.8 Å². The van der Waals surface area contributed by atoms with Crippen LogP contribution in [0.3, 0.4) is 0 Å². The van der Waals surface area contributed by atoms with Gasteiger partial charge in [-0.15, -0.1) is 0 Å². The number of aliphatic imine (C=N–C) groups is 1. The number of nitrogens with zero attached hydrogens (tertiary/aromatic N) is 5. The van der Waals surface area contributed by atoms with Gasteiger partial charge in [-0.25, -0.2) is 0 Å². The van der Waals surface area contributed by atoms with Crippen LogP contribution < -0.4 is 5.32 Å². The Morgan fingerprint density at radius 2 is 2.38 bits per heavy atom. The number of ether oxygens (including phenoxy) is 1. The monoisotopic (exact) mass is 380 g/mol. The number of guanidine groups is 1. The average Bonchev–Trinajstić information content (AvgIpc) is 3.28. The first-order chi connectivity index (χ1) is 12.5. The van der Waals surface area contributed by atoms with Crippen LogP contribution in [0.5, 0.6) is 0 Å². The number of aromatic nitrogens is 2. The molecule has 0 spiro atoms. The van der Waals surface area contributed by atoms with Gasteiger partial charge in [-0.3, -0.25) is 9.67 Å². The summed E-state index contributed by atoms with van der Waals surface area (Å²) in [5.74, 6) is 3.39. The van der Waals surface area contributed by atoms with E-state index in [1.807, 2.05) is 35.9 Å². The zero-order valence-corrected chi connectivity index (χ0v) is 17.3. The first-order valence-corrected chi connectivity index (χ1v) is 10.6. The largest absolute Gasteiger partial charge is 0.370 e. The van der Waals surface area contributed by atoms with Gasteiger partial charge in [0.15, 0.2) is 5.96 Å². The number of thioether (sulfide) groups is 1. The van der Waals surface area contributed by atoms with Gasteiger partial charge in [-0.1, -0.05) is 0 Å². The summed E-state index contributed by atoms with van der Waals surface area (Å²) in [6.45, 7) is 6.22. The summed E-state index contributed by atoms with van der Waals surface area (Å²) in [5, 5.41) is 7.76. The molecule has 8 heteroatoms. The molecule has 3 rings (SSSR count). The van der Waals surface area contributed by atoms with Crippen LogP contribution in [0.2, 0.25) is 0 Å². The summed E-state index contributed by atoms with van der Waals surface area (Å²) in [6.07, 6.45) is 5.19.